The van der Waals surface area contributed by atoms with Gasteiger partial charge in [-0.05, 0) is 33.6 Å². The summed E-state index contributed by atoms with van der Waals surface area (Å²) in [7, 11) is 0. The van der Waals surface area contributed by atoms with E-state index in [-0.39, 0.29) is 11.2 Å². The fourth-order valence-electron chi connectivity index (χ4n) is 1.66. The van der Waals surface area contributed by atoms with Crippen molar-refractivity contribution in [2.24, 2.45) is 0 Å². The van der Waals surface area contributed by atoms with Gasteiger partial charge < -0.3 is 5.32 Å². The molecule has 1 aliphatic carbocycles. The highest BCUT2D eigenvalue weighted by molar-refractivity contribution is 8.00. The van der Waals surface area contributed by atoms with E-state index in [1.807, 2.05) is 6.92 Å². The van der Waals surface area contributed by atoms with Crippen LogP contribution in [0.4, 0.5) is 0 Å². The number of hydrogen-bond donors (Lipinski definition) is 1. The minimum Gasteiger partial charge on any atom is -0.352 e. The molecular weight excluding hydrogens is 260 g/mol. The molecule has 1 amide bonds. The number of carbonyl (C=O) groups is 1. The van der Waals surface area contributed by atoms with Crippen LogP contribution in [-0.4, -0.2) is 27.2 Å². The van der Waals surface area contributed by atoms with Gasteiger partial charge in [0, 0.05) is 6.04 Å². The summed E-state index contributed by atoms with van der Waals surface area (Å²) >= 11 is 1.32. The minimum atomic E-state index is -0.263. The van der Waals surface area contributed by atoms with Crippen molar-refractivity contribution in [3.8, 4) is 6.07 Å². The van der Waals surface area contributed by atoms with Gasteiger partial charge in [0.2, 0.25) is 5.91 Å². The second-order valence-corrected chi connectivity index (χ2v) is 6.02. The summed E-state index contributed by atoms with van der Waals surface area (Å²) in [4.78, 5) is 20.3. The highest BCUT2D eigenvalue weighted by atomic mass is 32.2. The van der Waals surface area contributed by atoms with Gasteiger partial charge in [0.1, 0.15) is 22.5 Å². The highest BCUT2D eigenvalue weighted by Gasteiger charge is 2.26. The van der Waals surface area contributed by atoms with Crippen LogP contribution in [0.15, 0.2) is 5.03 Å². The molecule has 0 saturated heterocycles. The van der Waals surface area contributed by atoms with E-state index in [1.54, 1.807) is 13.8 Å². The van der Waals surface area contributed by atoms with Crippen LogP contribution in [0.25, 0.3) is 0 Å². The third-order valence-corrected chi connectivity index (χ3v) is 3.95. The molecule has 1 saturated carbocycles. The molecule has 0 aliphatic heterocycles. The maximum Gasteiger partial charge on any atom is 0.233 e. The van der Waals surface area contributed by atoms with Gasteiger partial charge in [-0.2, -0.15) is 5.26 Å². The van der Waals surface area contributed by atoms with Crippen LogP contribution in [0.5, 0.6) is 0 Å². The Morgan fingerprint density at radius 1 is 1.47 bits per heavy atom. The normalized spacial score (nSPS) is 15.7. The molecule has 0 bridgehead atoms. The lowest BCUT2D eigenvalue weighted by Crippen LogP contribution is -2.32. The van der Waals surface area contributed by atoms with E-state index in [1.165, 1.54) is 11.8 Å². The molecule has 2 rings (SSSR count). The average molecular weight is 276 g/mol. The lowest BCUT2D eigenvalue weighted by molar-refractivity contribution is -0.120. The number of thioether (sulfide) groups is 1. The van der Waals surface area contributed by atoms with Crippen molar-refractivity contribution in [1.29, 1.82) is 5.26 Å². The summed E-state index contributed by atoms with van der Waals surface area (Å²) < 4.78 is 0. The average Bonchev–Trinajstić information content (AvgIpc) is 3.12. The lowest BCUT2D eigenvalue weighted by Gasteiger charge is -2.12. The van der Waals surface area contributed by atoms with Crippen LogP contribution < -0.4 is 5.32 Å². The monoisotopic (exact) mass is 276 g/mol. The first-order chi connectivity index (χ1) is 9.01. The molecule has 0 aromatic carbocycles. The standard InChI is InChI=1S/C13H16N4OS/c1-7-11(6-14)13(16-9(3)15-7)19-8(2)12(18)17-10-4-5-10/h8,10H,4-5H2,1-3H3,(H,17,18)/t8-/m0/s1. The molecule has 100 valence electrons. The van der Waals surface area contributed by atoms with E-state index in [2.05, 4.69) is 21.4 Å². The first kappa shape index (κ1) is 13.8. The van der Waals surface area contributed by atoms with Gasteiger partial charge in [-0.25, -0.2) is 9.97 Å². The summed E-state index contributed by atoms with van der Waals surface area (Å²) in [6, 6.07) is 2.46. The number of aryl methyl sites for hydroxylation is 2. The number of aromatic nitrogens is 2. The van der Waals surface area contributed by atoms with Crippen molar-refractivity contribution in [3.63, 3.8) is 0 Å². The van der Waals surface area contributed by atoms with Crippen LogP contribution in [0.3, 0.4) is 0 Å². The summed E-state index contributed by atoms with van der Waals surface area (Å²) in [5.74, 6) is 0.624. The smallest absolute Gasteiger partial charge is 0.233 e. The molecule has 1 heterocycles. The van der Waals surface area contributed by atoms with Crippen LogP contribution in [0.1, 0.15) is 36.8 Å². The van der Waals surface area contributed by atoms with Gasteiger partial charge in [-0.1, -0.05) is 11.8 Å². The zero-order valence-corrected chi connectivity index (χ0v) is 12.0. The van der Waals surface area contributed by atoms with E-state index in [4.69, 9.17) is 5.26 Å². The third-order valence-electron chi connectivity index (χ3n) is 2.86. The predicted molar refractivity (Wildman–Crippen MR) is 72.7 cm³/mol. The number of amides is 1. The van der Waals surface area contributed by atoms with Crippen LogP contribution in [-0.2, 0) is 4.79 Å². The molecule has 1 aliphatic rings. The van der Waals surface area contributed by atoms with Gasteiger partial charge in [0.05, 0.1) is 10.9 Å². The van der Waals surface area contributed by atoms with Gasteiger partial charge in [-0.15, -0.1) is 0 Å². The summed E-state index contributed by atoms with van der Waals surface area (Å²) in [6.45, 7) is 5.40. The Hall–Kier alpha value is -1.61. The molecule has 0 spiro atoms. The maximum atomic E-state index is 11.9. The quantitative estimate of drug-likeness (QED) is 0.669. The van der Waals surface area contributed by atoms with Gasteiger partial charge in [-0.3, -0.25) is 4.79 Å². The van der Waals surface area contributed by atoms with E-state index in [0.717, 1.165) is 12.8 Å². The molecule has 1 atom stereocenters. The zero-order valence-electron chi connectivity index (χ0n) is 11.2. The number of rotatable bonds is 4. The SMILES string of the molecule is Cc1nc(C)c(C#N)c(S[C@@H](C)C(=O)NC2CC2)n1. The van der Waals surface area contributed by atoms with Crippen molar-refractivity contribution in [2.75, 3.05) is 0 Å². The predicted octanol–water partition coefficient (Wildman–Crippen LogP) is 1.72. The van der Waals surface area contributed by atoms with E-state index in [9.17, 15) is 4.79 Å². The highest BCUT2D eigenvalue weighted by Crippen LogP contribution is 2.27. The second-order valence-electron chi connectivity index (χ2n) is 4.69. The number of hydrogen-bond acceptors (Lipinski definition) is 5. The van der Waals surface area contributed by atoms with E-state index >= 15 is 0 Å². The number of nitrogens with one attached hydrogen (secondary N) is 1. The molecule has 0 unspecified atom stereocenters. The lowest BCUT2D eigenvalue weighted by atomic mass is 10.3. The number of carbonyl (C=O) groups excluding carboxylic acids is 1. The molecule has 5 nitrogen and oxygen atoms in total. The van der Waals surface area contributed by atoms with Crippen molar-refractivity contribution in [3.05, 3.63) is 17.1 Å². The van der Waals surface area contributed by atoms with Crippen molar-refractivity contribution in [2.45, 2.75) is 49.9 Å². The van der Waals surface area contributed by atoms with Gasteiger partial charge >= 0.3 is 0 Å². The Kier molecular flexibility index (Phi) is 4.05. The second kappa shape index (κ2) is 5.57. The molecule has 6 heteroatoms. The Morgan fingerprint density at radius 3 is 2.74 bits per heavy atom. The first-order valence-corrected chi connectivity index (χ1v) is 7.11. The van der Waals surface area contributed by atoms with Crippen LogP contribution in [0.2, 0.25) is 0 Å². The molecule has 1 fully saturated rings. The van der Waals surface area contributed by atoms with Crippen LogP contribution in [0, 0.1) is 25.2 Å². The molecule has 19 heavy (non-hydrogen) atoms. The Labute approximate surface area is 116 Å². The van der Waals surface area contributed by atoms with E-state index in [0.29, 0.717) is 28.1 Å². The zero-order chi connectivity index (χ0) is 14.0. The minimum absolute atomic E-state index is 0.00491. The molecule has 1 aromatic heterocycles. The maximum absolute atomic E-state index is 11.9. The fourth-order valence-corrected chi connectivity index (χ4v) is 2.67. The topological polar surface area (TPSA) is 78.7 Å². The Bertz CT molecular complexity index is 548. The molecule has 1 aromatic rings. The Balaban J connectivity index is 2.13. The third kappa shape index (κ3) is 3.44. The summed E-state index contributed by atoms with van der Waals surface area (Å²) in [5.41, 5.74) is 1.12. The van der Waals surface area contributed by atoms with Crippen molar-refractivity contribution >= 4 is 17.7 Å². The molecule has 1 N–H and O–H groups in total. The first-order valence-electron chi connectivity index (χ1n) is 6.23. The number of nitriles is 1. The van der Waals surface area contributed by atoms with Crippen LogP contribution >= 0.6 is 11.8 Å². The van der Waals surface area contributed by atoms with Crippen molar-refractivity contribution in [1.82, 2.24) is 15.3 Å². The summed E-state index contributed by atoms with van der Waals surface area (Å²) in [6.07, 6.45) is 2.14. The van der Waals surface area contributed by atoms with E-state index < -0.39 is 0 Å². The number of nitrogens with zero attached hydrogens (tertiary/aromatic N) is 3. The largest absolute Gasteiger partial charge is 0.352 e. The fraction of sp³-hybridized carbons (Fsp3) is 0.538. The molecular formula is C13H16N4OS. The Morgan fingerprint density at radius 2 is 2.16 bits per heavy atom. The van der Waals surface area contributed by atoms with Gasteiger partial charge in [0.25, 0.3) is 0 Å². The van der Waals surface area contributed by atoms with Gasteiger partial charge in [0.15, 0.2) is 0 Å². The molecule has 0 radical (unpaired) electrons. The van der Waals surface area contributed by atoms with Crippen molar-refractivity contribution < 1.29 is 4.79 Å². The summed E-state index contributed by atoms with van der Waals surface area (Å²) in [5, 5.41) is 12.4.